The highest BCUT2D eigenvalue weighted by Crippen LogP contribution is 2.25. The zero-order valence-corrected chi connectivity index (χ0v) is 20.0. The molecule has 1 N–H and O–H groups in total. The molecule has 1 amide bonds. The maximum atomic E-state index is 12.8. The Morgan fingerprint density at radius 1 is 0.938 bits per heavy atom. The monoisotopic (exact) mass is 433 g/mol. The average molecular weight is 434 g/mol. The summed E-state index contributed by atoms with van der Waals surface area (Å²) >= 11 is 0. The lowest BCUT2D eigenvalue weighted by atomic mass is 9.99. The quantitative estimate of drug-likeness (QED) is 0.640. The first kappa shape index (κ1) is 22.8. The molecule has 32 heavy (non-hydrogen) atoms. The fourth-order valence-electron chi connectivity index (χ4n) is 5.21. The summed E-state index contributed by atoms with van der Waals surface area (Å²) in [6.07, 6.45) is 5.23. The van der Waals surface area contributed by atoms with Crippen LogP contribution in [0.4, 0.5) is 5.69 Å². The van der Waals surface area contributed by atoms with Crippen molar-refractivity contribution in [3.8, 4) is 0 Å². The highest BCUT2D eigenvalue weighted by atomic mass is 16.1. The molecule has 0 radical (unpaired) electrons. The maximum absolute atomic E-state index is 12.8. The van der Waals surface area contributed by atoms with Gasteiger partial charge in [-0.05, 0) is 86.4 Å². The minimum atomic E-state index is -0.0219. The summed E-state index contributed by atoms with van der Waals surface area (Å²) < 4.78 is 0. The molecule has 0 unspecified atom stereocenters. The smallest absolute Gasteiger partial charge is 0.251 e. The molecule has 0 aromatic heterocycles. The van der Waals surface area contributed by atoms with Crippen LogP contribution in [0.2, 0.25) is 0 Å². The Morgan fingerprint density at radius 3 is 2.25 bits per heavy atom. The van der Waals surface area contributed by atoms with E-state index in [2.05, 4.69) is 72.3 Å². The van der Waals surface area contributed by atoms with Gasteiger partial charge < -0.3 is 10.2 Å². The first-order valence-corrected chi connectivity index (χ1v) is 12.4. The number of rotatable bonds is 6. The second kappa shape index (κ2) is 10.5. The molecule has 0 bridgehead atoms. The molecule has 0 saturated carbocycles. The van der Waals surface area contributed by atoms with Gasteiger partial charge in [0.25, 0.3) is 5.91 Å². The number of likely N-dealkylation sites (tertiary alicyclic amines) is 1. The predicted octanol–water partition coefficient (Wildman–Crippen LogP) is 5.65. The van der Waals surface area contributed by atoms with Crippen molar-refractivity contribution in [3.63, 3.8) is 0 Å². The third kappa shape index (κ3) is 5.92. The summed E-state index contributed by atoms with van der Waals surface area (Å²) in [4.78, 5) is 17.8. The Balaban J connectivity index is 1.31. The Hall–Kier alpha value is -2.33. The number of amides is 1. The van der Waals surface area contributed by atoms with Crippen LogP contribution in [0.5, 0.6) is 0 Å². The van der Waals surface area contributed by atoms with Crippen LogP contribution in [0.15, 0.2) is 48.5 Å². The Kier molecular flexibility index (Phi) is 7.51. The molecule has 2 aromatic carbocycles. The lowest BCUT2D eigenvalue weighted by molar-refractivity contribution is 0.0940. The van der Waals surface area contributed by atoms with Crippen LogP contribution in [0.25, 0.3) is 0 Å². The molecule has 3 atom stereocenters. The highest BCUT2D eigenvalue weighted by Gasteiger charge is 2.18. The summed E-state index contributed by atoms with van der Waals surface area (Å²) in [5.41, 5.74) is 4.44. The van der Waals surface area contributed by atoms with Gasteiger partial charge in [0.15, 0.2) is 0 Å². The zero-order valence-electron chi connectivity index (χ0n) is 20.0. The number of hydrogen-bond acceptors (Lipinski definition) is 3. The van der Waals surface area contributed by atoms with E-state index in [1.165, 1.54) is 50.0 Å². The van der Waals surface area contributed by atoms with E-state index >= 15 is 0 Å². The number of carbonyl (C=O) groups excluding carboxylic acids is 1. The van der Waals surface area contributed by atoms with Crippen LogP contribution >= 0.6 is 0 Å². The largest absolute Gasteiger partial charge is 0.371 e. The molecule has 172 valence electrons. The molecular weight excluding hydrogens is 394 g/mol. The lowest BCUT2D eigenvalue weighted by Crippen LogP contribution is -2.34. The van der Waals surface area contributed by atoms with Crippen molar-refractivity contribution in [1.82, 2.24) is 10.2 Å². The maximum Gasteiger partial charge on any atom is 0.251 e. The van der Waals surface area contributed by atoms with Crippen LogP contribution < -0.4 is 10.2 Å². The Labute approximate surface area is 194 Å². The fourth-order valence-corrected chi connectivity index (χ4v) is 5.21. The van der Waals surface area contributed by atoms with Gasteiger partial charge in [-0.15, -0.1) is 0 Å². The number of benzene rings is 2. The molecule has 4 nitrogen and oxygen atoms in total. The minimum Gasteiger partial charge on any atom is -0.371 e. The molecular formula is C28H39N3O. The van der Waals surface area contributed by atoms with Crippen molar-refractivity contribution in [2.24, 2.45) is 11.8 Å². The van der Waals surface area contributed by atoms with E-state index in [9.17, 15) is 4.79 Å². The van der Waals surface area contributed by atoms with Crippen molar-refractivity contribution >= 4 is 11.6 Å². The molecule has 2 aromatic rings. The van der Waals surface area contributed by atoms with Gasteiger partial charge in [-0.25, -0.2) is 0 Å². The van der Waals surface area contributed by atoms with Crippen molar-refractivity contribution in [2.75, 3.05) is 31.1 Å². The number of hydrogen-bond donors (Lipinski definition) is 1. The Morgan fingerprint density at radius 2 is 1.59 bits per heavy atom. The normalized spacial score (nSPS) is 23.0. The summed E-state index contributed by atoms with van der Waals surface area (Å²) in [6.45, 7) is 12.3. The second-order valence-corrected chi connectivity index (χ2v) is 10.2. The molecule has 0 aliphatic carbocycles. The van der Waals surface area contributed by atoms with E-state index in [1.807, 2.05) is 12.1 Å². The van der Waals surface area contributed by atoms with E-state index in [0.717, 1.165) is 42.6 Å². The lowest BCUT2D eigenvalue weighted by Gasteiger charge is -2.33. The molecule has 0 spiro atoms. The number of carbonyl (C=O) groups is 1. The summed E-state index contributed by atoms with van der Waals surface area (Å²) in [5.74, 6) is 1.54. The van der Waals surface area contributed by atoms with E-state index in [-0.39, 0.29) is 11.9 Å². The van der Waals surface area contributed by atoms with Crippen LogP contribution in [-0.2, 0) is 6.54 Å². The molecule has 2 aliphatic rings. The number of piperidine rings is 2. The second-order valence-electron chi connectivity index (χ2n) is 10.2. The summed E-state index contributed by atoms with van der Waals surface area (Å²) in [5, 5.41) is 3.16. The molecule has 2 aliphatic heterocycles. The number of nitrogens with zero attached hydrogens (tertiary/aromatic N) is 2. The zero-order chi connectivity index (χ0) is 22.5. The van der Waals surface area contributed by atoms with Gasteiger partial charge in [0, 0.05) is 37.4 Å². The van der Waals surface area contributed by atoms with Crippen LogP contribution in [0.1, 0.15) is 74.0 Å². The Bertz CT molecular complexity index is 877. The molecule has 4 rings (SSSR count). The standard InChI is InChI=1S/C28H39N3O/c1-21-6-4-16-30(18-21)20-24-8-10-26(11-9-24)28(32)29-23(3)25-12-14-27(15-13-25)31-17-5-7-22(2)19-31/h8-15,21-23H,4-7,16-20H2,1-3H3,(H,29,32)/t21-,22-,23+/m1/s1. The highest BCUT2D eigenvalue weighted by molar-refractivity contribution is 5.94. The van der Waals surface area contributed by atoms with Gasteiger partial charge in [-0.3, -0.25) is 9.69 Å². The van der Waals surface area contributed by atoms with E-state index in [4.69, 9.17) is 0 Å². The van der Waals surface area contributed by atoms with Crippen LogP contribution in [-0.4, -0.2) is 37.0 Å². The third-order valence-electron chi connectivity index (χ3n) is 7.13. The van der Waals surface area contributed by atoms with Gasteiger partial charge >= 0.3 is 0 Å². The van der Waals surface area contributed by atoms with Crippen molar-refractivity contribution in [1.29, 1.82) is 0 Å². The molecule has 2 saturated heterocycles. The van der Waals surface area contributed by atoms with Crippen molar-refractivity contribution in [3.05, 3.63) is 65.2 Å². The first-order valence-electron chi connectivity index (χ1n) is 12.4. The van der Waals surface area contributed by atoms with Crippen molar-refractivity contribution in [2.45, 2.75) is 59.0 Å². The van der Waals surface area contributed by atoms with E-state index < -0.39 is 0 Å². The predicted molar refractivity (Wildman–Crippen MR) is 133 cm³/mol. The summed E-state index contributed by atoms with van der Waals surface area (Å²) in [6, 6.07) is 16.8. The summed E-state index contributed by atoms with van der Waals surface area (Å²) in [7, 11) is 0. The minimum absolute atomic E-state index is 0.00965. The topological polar surface area (TPSA) is 35.6 Å². The van der Waals surface area contributed by atoms with Gasteiger partial charge in [-0.1, -0.05) is 38.1 Å². The van der Waals surface area contributed by atoms with E-state index in [0.29, 0.717) is 0 Å². The molecule has 2 fully saturated rings. The van der Waals surface area contributed by atoms with Gasteiger partial charge in [0.05, 0.1) is 6.04 Å². The number of nitrogens with one attached hydrogen (secondary N) is 1. The molecule has 4 heteroatoms. The van der Waals surface area contributed by atoms with Gasteiger partial charge in [0.1, 0.15) is 0 Å². The van der Waals surface area contributed by atoms with Gasteiger partial charge in [0.2, 0.25) is 0 Å². The average Bonchev–Trinajstić information content (AvgIpc) is 2.79. The SMILES string of the molecule is C[C@@H]1CCCN(Cc2ccc(C(=O)N[C@@H](C)c3ccc(N4CCC[C@@H](C)C4)cc3)cc2)C1. The van der Waals surface area contributed by atoms with Crippen molar-refractivity contribution < 1.29 is 4.79 Å². The van der Waals surface area contributed by atoms with Gasteiger partial charge in [-0.2, -0.15) is 0 Å². The number of anilines is 1. The van der Waals surface area contributed by atoms with Crippen LogP contribution in [0, 0.1) is 11.8 Å². The van der Waals surface area contributed by atoms with Crippen LogP contribution in [0.3, 0.4) is 0 Å². The molecule has 2 heterocycles. The van der Waals surface area contributed by atoms with E-state index in [1.54, 1.807) is 0 Å². The third-order valence-corrected chi connectivity index (χ3v) is 7.13. The fraction of sp³-hybridized carbons (Fsp3) is 0.536. The first-order chi connectivity index (χ1) is 15.5.